The third kappa shape index (κ3) is 49.7. The van der Waals surface area contributed by atoms with E-state index in [0.29, 0.717) is 19.3 Å². The Labute approximate surface area is 389 Å². The molecule has 0 aliphatic heterocycles. The van der Waals surface area contributed by atoms with E-state index in [0.717, 1.165) is 122 Å². The van der Waals surface area contributed by atoms with Gasteiger partial charge in [0, 0.05) is 19.3 Å². The SMILES string of the molecule is CCC/C=C\CCCCCCCC(=O)OCC(COC(=O)CCCCCCCC/C=C\C/C=C\C/C=C\CCCCCCC)OC(=O)CCCCCCC/C=C\C/C=C\CCCC. The van der Waals surface area contributed by atoms with Crippen LogP contribution in [0, 0.1) is 0 Å². The molecule has 0 heterocycles. The van der Waals surface area contributed by atoms with Crippen molar-refractivity contribution in [2.75, 3.05) is 13.2 Å². The van der Waals surface area contributed by atoms with Crippen molar-refractivity contribution in [3.05, 3.63) is 72.9 Å². The molecule has 63 heavy (non-hydrogen) atoms. The molecule has 362 valence electrons. The van der Waals surface area contributed by atoms with Gasteiger partial charge in [-0.3, -0.25) is 14.4 Å². The molecule has 1 unspecified atom stereocenters. The molecular formula is C57H98O6. The summed E-state index contributed by atoms with van der Waals surface area (Å²) < 4.78 is 16.8. The average Bonchev–Trinajstić information content (AvgIpc) is 3.28. The molecule has 0 aliphatic carbocycles. The third-order valence-corrected chi connectivity index (χ3v) is 11.1. The summed E-state index contributed by atoms with van der Waals surface area (Å²) in [5.41, 5.74) is 0. The smallest absolute Gasteiger partial charge is 0.306 e. The number of esters is 3. The van der Waals surface area contributed by atoms with Crippen LogP contribution in [-0.2, 0) is 28.6 Å². The minimum atomic E-state index is -0.790. The molecule has 0 amide bonds. The molecule has 0 saturated heterocycles. The van der Waals surface area contributed by atoms with Gasteiger partial charge >= 0.3 is 17.9 Å². The molecule has 6 nitrogen and oxygen atoms in total. The molecule has 6 heteroatoms. The summed E-state index contributed by atoms with van der Waals surface area (Å²) in [4.78, 5) is 37.9. The van der Waals surface area contributed by atoms with Gasteiger partial charge in [0.25, 0.3) is 0 Å². The van der Waals surface area contributed by atoms with Crippen molar-refractivity contribution in [3.63, 3.8) is 0 Å². The number of hydrogen-bond donors (Lipinski definition) is 0. The van der Waals surface area contributed by atoms with Gasteiger partial charge in [-0.15, -0.1) is 0 Å². The summed E-state index contributed by atoms with van der Waals surface area (Å²) in [6, 6.07) is 0. The number of ether oxygens (including phenoxy) is 3. The molecule has 0 rings (SSSR count). The molecule has 1 atom stereocenters. The van der Waals surface area contributed by atoms with E-state index in [9.17, 15) is 14.4 Å². The monoisotopic (exact) mass is 879 g/mol. The molecular weight excluding hydrogens is 781 g/mol. The van der Waals surface area contributed by atoms with Crippen molar-refractivity contribution in [2.45, 2.75) is 258 Å². The van der Waals surface area contributed by atoms with Crippen LogP contribution in [0.2, 0.25) is 0 Å². The van der Waals surface area contributed by atoms with Gasteiger partial charge in [-0.05, 0) is 103 Å². The first kappa shape index (κ1) is 59.9. The van der Waals surface area contributed by atoms with Crippen LogP contribution < -0.4 is 0 Å². The van der Waals surface area contributed by atoms with Crippen molar-refractivity contribution in [3.8, 4) is 0 Å². The van der Waals surface area contributed by atoms with E-state index in [2.05, 4.69) is 93.7 Å². The normalized spacial score (nSPS) is 12.6. The van der Waals surface area contributed by atoms with E-state index in [1.54, 1.807) is 0 Å². The molecule has 0 N–H and O–H groups in total. The molecule has 0 aliphatic rings. The lowest BCUT2D eigenvalue weighted by molar-refractivity contribution is -0.167. The molecule has 0 fully saturated rings. The van der Waals surface area contributed by atoms with Crippen molar-refractivity contribution in [1.29, 1.82) is 0 Å². The van der Waals surface area contributed by atoms with E-state index in [4.69, 9.17) is 14.2 Å². The molecule has 0 spiro atoms. The molecule has 0 saturated carbocycles. The molecule has 0 bridgehead atoms. The van der Waals surface area contributed by atoms with Gasteiger partial charge in [0.15, 0.2) is 6.10 Å². The fourth-order valence-electron chi connectivity index (χ4n) is 7.11. The highest BCUT2D eigenvalue weighted by Crippen LogP contribution is 2.14. The Bertz CT molecular complexity index is 1190. The van der Waals surface area contributed by atoms with E-state index >= 15 is 0 Å². The van der Waals surface area contributed by atoms with E-state index in [1.807, 2.05) is 0 Å². The summed E-state index contributed by atoms with van der Waals surface area (Å²) in [6.07, 6.45) is 64.6. The Kier molecular flexibility index (Phi) is 48.9. The van der Waals surface area contributed by atoms with Gasteiger partial charge in [0.2, 0.25) is 0 Å². The molecule has 0 aromatic carbocycles. The highest BCUT2D eigenvalue weighted by Gasteiger charge is 2.19. The topological polar surface area (TPSA) is 78.9 Å². The Hall–Kier alpha value is -3.15. The van der Waals surface area contributed by atoms with E-state index in [-0.39, 0.29) is 31.1 Å². The van der Waals surface area contributed by atoms with Crippen LogP contribution in [0.3, 0.4) is 0 Å². The van der Waals surface area contributed by atoms with Gasteiger partial charge in [0.05, 0.1) is 0 Å². The average molecular weight is 879 g/mol. The Morgan fingerprint density at radius 1 is 0.317 bits per heavy atom. The number of unbranched alkanes of at least 4 members (excludes halogenated alkanes) is 24. The van der Waals surface area contributed by atoms with Crippen molar-refractivity contribution in [2.24, 2.45) is 0 Å². The second-order valence-electron chi connectivity index (χ2n) is 17.4. The highest BCUT2D eigenvalue weighted by atomic mass is 16.6. The summed E-state index contributed by atoms with van der Waals surface area (Å²) in [7, 11) is 0. The lowest BCUT2D eigenvalue weighted by atomic mass is 10.1. The van der Waals surface area contributed by atoms with Crippen molar-refractivity contribution >= 4 is 17.9 Å². The Morgan fingerprint density at radius 2 is 0.619 bits per heavy atom. The van der Waals surface area contributed by atoms with Crippen molar-refractivity contribution in [1.82, 2.24) is 0 Å². The highest BCUT2D eigenvalue weighted by molar-refractivity contribution is 5.71. The van der Waals surface area contributed by atoms with Crippen LogP contribution in [0.4, 0.5) is 0 Å². The zero-order chi connectivity index (χ0) is 45.8. The largest absolute Gasteiger partial charge is 0.462 e. The number of carbonyl (C=O) groups excluding carboxylic acids is 3. The predicted molar refractivity (Wildman–Crippen MR) is 270 cm³/mol. The first-order valence-electron chi connectivity index (χ1n) is 26.4. The standard InChI is InChI=1S/C57H98O6/c1-4-7-10-13-16-19-22-24-26-27-28-29-30-31-32-34-35-38-41-44-47-50-56(59)62-53-54(52-61-55(58)49-46-43-40-37-21-18-15-12-9-6-3)63-57(60)51-48-45-42-39-36-33-25-23-20-17-14-11-8-5-2/h12,14-15,17,22-25,27-28,30-31,54H,4-11,13,16,18-21,26,29,32-53H2,1-3H3/b15-12-,17-14-,24-22-,25-23-,28-27-,31-30-. The lowest BCUT2D eigenvalue weighted by Gasteiger charge is -2.18. The van der Waals surface area contributed by atoms with Gasteiger partial charge in [-0.2, -0.15) is 0 Å². The first-order chi connectivity index (χ1) is 31.0. The lowest BCUT2D eigenvalue weighted by Crippen LogP contribution is -2.30. The summed E-state index contributed by atoms with van der Waals surface area (Å²) >= 11 is 0. The molecule has 0 aromatic heterocycles. The van der Waals surface area contributed by atoms with Crippen molar-refractivity contribution < 1.29 is 28.6 Å². The second kappa shape index (κ2) is 51.5. The zero-order valence-electron chi connectivity index (χ0n) is 41.3. The molecule has 0 radical (unpaired) electrons. The van der Waals surface area contributed by atoms with Crippen LogP contribution in [-0.4, -0.2) is 37.2 Å². The van der Waals surface area contributed by atoms with E-state index in [1.165, 1.54) is 89.9 Å². The van der Waals surface area contributed by atoms with Crippen LogP contribution >= 0.6 is 0 Å². The van der Waals surface area contributed by atoms with Crippen LogP contribution in [0.25, 0.3) is 0 Å². The number of rotatable bonds is 47. The van der Waals surface area contributed by atoms with Gasteiger partial charge in [-0.25, -0.2) is 0 Å². The fraction of sp³-hybridized carbons (Fsp3) is 0.737. The number of allylic oxidation sites excluding steroid dienone is 12. The zero-order valence-corrected chi connectivity index (χ0v) is 41.3. The Balaban J connectivity index is 4.36. The van der Waals surface area contributed by atoms with Gasteiger partial charge < -0.3 is 14.2 Å². The van der Waals surface area contributed by atoms with Crippen LogP contribution in [0.15, 0.2) is 72.9 Å². The third-order valence-electron chi connectivity index (χ3n) is 11.1. The summed E-state index contributed by atoms with van der Waals surface area (Å²) in [5.74, 6) is -0.927. The van der Waals surface area contributed by atoms with Crippen LogP contribution in [0.1, 0.15) is 252 Å². The predicted octanol–water partition coefficient (Wildman–Crippen LogP) is 17.4. The maximum Gasteiger partial charge on any atom is 0.306 e. The fourth-order valence-corrected chi connectivity index (χ4v) is 7.11. The number of carbonyl (C=O) groups is 3. The van der Waals surface area contributed by atoms with E-state index < -0.39 is 6.10 Å². The second-order valence-corrected chi connectivity index (χ2v) is 17.4. The summed E-state index contributed by atoms with van der Waals surface area (Å²) in [6.45, 7) is 6.49. The quantitative estimate of drug-likeness (QED) is 0.0262. The van der Waals surface area contributed by atoms with Gasteiger partial charge in [0.1, 0.15) is 13.2 Å². The first-order valence-corrected chi connectivity index (χ1v) is 26.4. The maximum absolute atomic E-state index is 12.8. The minimum Gasteiger partial charge on any atom is -0.462 e. The van der Waals surface area contributed by atoms with Gasteiger partial charge in [-0.1, -0.05) is 203 Å². The van der Waals surface area contributed by atoms with Crippen LogP contribution in [0.5, 0.6) is 0 Å². The number of hydrogen-bond acceptors (Lipinski definition) is 6. The maximum atomic E-state index is 12.8. The molecule has 0 aromatic rings. The Morgan fingerprint density at radius 3 is 1.02 bits per heavy atom. The minimum absolute atomic E-state index is 0.0904. The summed E-state index contributed by atoms with van der Waals surface area (Å²) in [5, 5.41) is 0.